The van der Waals surface area contributed by atoms with Crippen LogP contribution in [0.5, 0.6) is 0 Å². The lowest BCUT2D eigenvalue weighted by Crippen LogP contribution is -2.68. The molecule has 0 aromatic heterocycles. The maximum absolute atomic E-state index is 12.4. The van der Waals surface area contributed by atoms with Crippen LogP contribution < -0.4 is 32.3 Å². The van der Waals surface area contributed by atoms with E-state index in [2.05, 4.69) is 52.3 Å². The molecule has 4 heterocycles. The van der Waals surface area contributed by atoms with Gasteiger partial charge in [-0.3, -0.25) is 20.9 Å². The Bertz CT molecular complexity index is 990. The second-order valence-electron chi connectivity index (χ2n) is 12.3. The van der Waals surface area contributed by atoms with Crippen molar-refractivity contribution in [3.63, 3.8) is 0 Å². The quantitative estimate of drug-likeness (QED) is 0.167. The van der Waals surface area contributed by atoms with Gasteiger partial charge in [0.15, 0.2) is 0 Å². The molecule has 1 aromatic carbocycles. The summed E-state index contributed by atoms with van der Waals surface area (Å²) < 4.78 is 11.7. The van der Waals surface area contributed by atoms with Crippen molar-refractivity contribution in [2.45, 2.75) is 81.6 Å². The highest BCUT2D eigenvalue weighted by molar-refractivity contribution is 5.89. The van der Waals surface area contributed by atoms with Crippen LogP contribution in [0.4, 0.5) is 10.5 Å². The lowest BCUT2D eigenvalue weighted by Gasteiger charge is -2.39. The van der Waals surface area contributed by atoms with E-state index < -0.39 is 24.5 Å². The number of hydrogen-bond donors (Lipinski definition) is 8. The lowest BCUT2D eigenvalue weighted by molar-refractivity contribution is -0.119. The number of benzene rings is 1. The number of carbonyl (C=O) groups excluding carboxylic acids is 1. The molecule has 3 unspecified atom stereocenters. The van der Waals surface area contributed by atoms with E-state index in [4.69, 9.17) is 15.2 Å². The number of fused-ring (bicyclic) bond motifs is 1. The highest BCUT2D eigenvalue weighted by Crippen LogP contribution is 2.29. The van der Waals surface area contributed by atoms with E-state index in [0.29, 0.717) is 46.2 Å². The number of anilines is 1. The van der Waals surface area contributed by atoms with Crippen LogP contribution in [-0.2, 0) is 14.9 Å². The minimum atomic E-state index is -1.04. The minimum Gasteiger partial charge on any atom is -0.387 e. The summed E-state index contributed by atoms with van der Waals surface area (Å²) in [6, 6.07) is 7.84. The van der Waals surface area contributed by atoms with Crippen LogP contribution in [0.15, 0.2) is 24.3 Å². The van der Waals surface area contributed by atoms with E-state index >= 15 is 0 Å². The Hall–Kier alpha value is -1.91. The number of aliphatic hydroxyl groups excluding tert-OH is 2. The number of aliphatic hydroxyl groups is 2. The Balaban J connectivity index is 1.09. The predicted octanol–water partition coefficient (Wildman–Crippen LogP) is -1.36. The molecular formula is C27H46N8O5. The molecule has 13 nitrogen and oxygen atoms in total. The highest BCUT2D eigenvalue weighted by atomic mass is 16.6. The van der Waals surface area contributed by atoms with E-state index in [-0.39, 0.29) is 35.9 Å². The zero-order chi connectivity index (χ0) is 28.4. The largest absolute Gasteiger partial charge is 0.387 e. The molecule has 0 bridgehead atoms. The molecule has 4 aliphatic rings. The summed E-state index contributed by atoms with van der Waals surface area (Å²) in [5.74, 6) is 0. The number of nitrogens with two attached hydrogens (primary N) is 1. The number of amides is 2. The van der Waals surface area contributed by atoms with Crippen LogP contribution in [0.2, 0.25) is 0 Å². The predicted molar refractivity (Wildman–Crippen MR) is 150 cm³/mol. The summed E-state index contributed by atoms with van der Waals surface area (Å²) in [4.78, 5) is 16.6. The Morgan fingerprint density at radius 3 is 2.58 bits per heavy atom. The van der Waals surface area contributed by atoms with Crippen LogP contribution >= 0.6 is 0 Å². The number of carbonyl (C=O) groups is 1. The molecule has 4 saturated heterocycles. The van der Waals surface area contributed by atoms with Crippen LogP contribution in [0.25, 0.3) is 0 Å². The van der Waals surface area contributed by atoms with Crippen LogP contribution in [-0.4, -0.2) is 121 Å². The van der Waals surface area contributed by atoms with Crippen molar-refractivity contribution in [2.75, 3.05) is 51.5 Å². The molecule has 4 aliphatic heterocycles. The summed E-state index contributed by atoms with van der Waals surface area (Å²) >= 11 is 0. The average molecular weight is 563 g/mol. The number of urea groups is 1. The maximum atomic E-state index is 12.4. The summed E-state index contributed by atoms with van der Waals surface area (Å²) in [5, 5.41) is 37.5. The van der Waals surface area contributed by atoms with Crippen molar-refractivity contribution in [2.24, 2.45) is 5.73 Å². The van der Waals surface area contributed by atoms with Gasteiger partial charge in [0.05, 0.1) is 44.3 Å². The molecule has 0 saturated carbocycles. The molecule has 4 fully saturated rings. The van der Waals surface area contributed by atoms with Gasteiger partial charge in [-0.2, -0.15) is 0 Å². The fourth-order valence-electron chi connectivity index (χ4n) is 5.81. The Morgan fingerprint density at radius 1 is 1.15 bits per heavy atom. The van der Waals surface area contributed by atoms with Crippen LogP contribution in [0.1, 0.15) is 32.8 Å². The number of nitrogens with zero attached hydrogens (tertiary/aromatic N) is 2. The third kappa shape index (κ3) is 6.59. The first-order valence-corrected chi connectivity index (χ1v) is 14.3. The summed E-state index contributed by atoms with van der Waals surface area (Å²) in [6.07, 6.45) is -2.86. The molecule has 224 valence electrons. The van der Waals surface area contributed by atoms with Gasteiger partial charge in [0.1, 0.15) is 24.5 Å². The molecule has 1 aromatic rings. The number of rotatable bonds is 9. The fraction of sp³-hybridized carbons (Fsp3) is 0.741. The van der Waals surface area contributed by atoms with Gasteiger partial charge >= 0.3 is 6.03 Å². The zero-order valence-electron chi connectivity index (χ0n) is 23.7. The van der Waals surface area contributed by atoms with Crippen LogP contribution in [0, 0.1) is 0 Å². The van der Waals surface area contributed by atoms with Gasteiger partial charge in [0, 0.05) is 32.0 Å². The van der Waals surface area contributed by atoms with E-state index in [0.717, 1.165) is 12.1 Å². The molecular weight excluding hydrogens is 516 g/mol. The van der Waals surface area contributed by atoms with Crippen molar-refractivity contribution < 1.29 is 24.5 Å². The highest BCUT2D eigenvalue weighted by Gasteiger charge is 2.52. The SMILES string of the molecule is CC(C)(C)c1ccc(NC(=O)NCCCN(C[C@H]2O[C@@H](N3CNC4C(N)NCNC43)[C@H](O)[C@@H]2O)C2COC2)cc1. The van der Waals surface area contributed by atoms with Gasteiger partial charge in [0.25, 0.3) is 0 Å². The van der Waals surface area contributed by atoms with E-state index in [1.54, 1.807) is 0 Å². The minimum absolute atomic E-state index is 0.0306. The first-order valence-electron chi connectivity index (χ1n) is 14.3. The van der Waals surface area contributed by atoms with Gasteiger partial charge in [-0.05, 0) is 29.5 Å². The molecule has 40 heavy (non-hydrogen) atoms. The van der Waals surface area contributed by atoms with Crippen LogP contribution in [0.3, 0.4) is 0 Å². The second kappa shape index (κ2) is 12.5. The van der Waals surface area contributed by atoms with Gasteiger partial charge in [0.2, 0.25) is 0 Å². The number of nitrogens with one attached hydrogen (secondary N) is 5. The smallest absolute Gasteiger partial charge is 0.319 e. The maximum Gasteiger partial charge on any atom is 0.319 e. The third-order valence-corrected chi connectivity index (χ3v) is 8.37. The topological polar surface area (TPSA) is 169 Å². The van der Waals surface area contributed by atoms with Crippen molar-refractivity contribution in [3.05, 3.63) is 29.8 Å². The molecule has 9 N–H and O–H groups in total. The van der Waals surface area contributed by atoms with E-state index in [1.807, 2.05) is 29.2 Å². The monoisotopic (exact) mass is 562 g/mol. The molecule has 7 atom stereocenters. The molecule has 5 rings (SSSR count). The van der Waals surface area contributed by atoms with E-state index in [9.17, 15) is 15.0 Å². The summed E-state index contributed by atoms with van der Waals surface area (Å²) in [6.45, 7) is 10.4. The van der Waals surface area contributed by atoms with E-state index in [1.165, 1.54) is 5.56 Å². The molecule has 0 radical (unpaired) electrons. The standard InChI is InChI=1S/C27H46N8O5/c1-27(2,3)16-5-7-17(8-6-16)33-26(38)29-9-4-10-34(18-12-39-13-18)11-19-21(36)22(37)25(40-19)35-15-32-20-23(28)30-14-31-24(20)35/h5-8,18-25,30-32,36-37H,4,9-15,28H2,1-3H3,(H2,29,33,38)/t19-,20?,21-,22-,23?,24?,25-/m1/s1. The Morgan fingerprint density at radius 2 is 1.90 bits per heavy atom. The fourth-order valence-corrected chi connectivity index (χ4v) is 5.81. The average Bonchev–Trinajstić information content (AvgIpc) is 3.42. The molecule has 13 heteroatoms. The van der Waals surface area contributed by atoms with Crippen molar-refractivity contribution >= 4 is 11.7 Å². The number of ether oxygens (including phenoxy) is 2. The zero-order valence-corrected chi connectivity index (χ0v) is 23.7. The molecule has 0 aliphatic carbocycles. The molecule has 0 spiro atoms. The lowest BCUT2D eigenvalue weighted by atomic mass is 9.87. The second-order valence-corrected chi connectivity index (χ2v) is 12.3. The Labute approximate surface area is 236 Å². The normalized spacial score (nSPS) is 33.1. The summed E-state index contributed by atoms with van der Waals surface area (Å²) in [5.41, 5.74) is 8.20. The van der Waals surface area contributed by atoms with Gasteiger partial charge in [-0.15, -0.1) is 0 Å². The first-order chi connectivity index (χ1) is 19.1. The first kappa shape index (κ1) is 29.6. The number of hydrogen-bond acceptors (Lipinski definition) is 11. The van der Waals surface area contributed by atoms with Crippen molar-refractivity contribution in [3.8, 4) is 0 Å². The van der Waals surface area contributed by atoms with Gasteiger partial charge < -0.3 is 36.1 Å². The summed E-state index contributed by atoms with van der Waals surface area (Å²) in [7, 11) is 0. The Kier molecular flexibility index (Phi) is 9.27. The van der Waals surface area contributed by atoms with Gasteiger partial charge in [-0.1, -0.05) is 32.9 Å². The van der Waals surface area contributed by atoms with Crippen molar-refractivity contribution in [1.82, 2.24) is 31.1 Å². The van der Waals surface area contributed by atoms with Gasteiger partial charge in [-0.25, -0.2) is 9.69 Å². The van der Waals surface area contributed by atoms with Crippen molar-refractivity contribution in [1.29, 1.82) is 0 Å². The third-order valence-electron chi connectivity index (χ3n) is 8.37. The molecule has 2 amide bonds.